The van der Waals surface area contributed by atoms with Crippen molar-refractivity contribution in [3.8, 4) is 6.07 Å². The van der Waals surface area contributed by atoms with E-state index in [1.165, 1.54) is 42.9 Å². The number of nitriles is 1. The summed E-state index contributed by atoms with van der Waals surface area (Å²) >= 11 is 5.70. The summed E-state index contributed by atoms with van der Waals surface area (Å²) < 4.78 is 24.5. The number of halogens is 1. The lowest BCUT2D eigenvalue weighted by atomic mass is 10.4. The lowest BCUT2D eigenvalue weighted by Crippen LogP contribution is -2.03. The van der Waals surface area contributed by atoms with Gasteiger partial charge in [-0.25, -0.2) is 13.4 Å². The van der Waals surface area contributed by atoms with E-state index in [0.717, 1.165) is 0 Å². The Kier molecular flexibility index (Phi) is 3.69. The number of aromatic nitrogens is 2. The van der Waals surface area contributed by atoms with Crippen LogP contribution in [-0.2, 0) is 9.84 Å². The molecule has 0 aliphatic heterocycles. The molecular weight excluding hydrogens is 286 g/mol. The van der Waals surface area contributed by atoms with E-state index in [2.05, 4.69) is 9.97 Å². The third kappa shape index (κ3) is 2.84. The maximum Gasteiger partial charge on any atom is 0.216 e. The number of aromatic amines is 1. The highest BCUT2D eigenvalue weighted by molar-refractivity contribution is 7.95. The summed E-state index contributed by atoms with van der Waals surface area (Å²) in [5.74, 6) is 0. The minimum absolute atomic E-state index is 0.0178. The normalized spacial score (nSPS) is 12.1. The van der Waals surface area contributed by atoms with Gasteiger partial charge in [-0.15, -0.1) is 0 Å². The van der Waals surface area contributed by atoms with Gasteiger partial charge < -0.3 is 4.98 Å². The van der Waals surface area contributed by atoms with Crippen LogP contribution in [0.3, 0.4) is 0 Å². The van der Waals surface area contributed by atoms with Gasteiger partial charge in [0.2, 0.25) is 9.84 Å². The van der Waals surface area contributed by atoms with Crippen LogP contribution in [0.25, 0.3) is 6.08 Å². The number of hydrogen-bond donors (Lipinski definition) is 1. The van der Waals surface area contributed by atoms with Gasteiger partial charge in [-0.2, -0.15) is 5.26 Å². The van der Waals surface area contributed by atoms with E-state index in [1.54, 1.807) is 6.07 Å². The van der Waals surface area contributed by atoms with E-state index >= 15 is 0 Å². The molecule has 0 aliphatic rings. The van der Waals surface area contributed by atoms with Gasteiger partial charge in [-0.1, -0.05) is 11.6 Å². The molecule has 7 heteroatoms. The minimum atomic E-state index is -3.85. The Hall–Kier alpha value is -2.10. The zero-order valence-corrected chi connectivity index (χ0v) is 11.1. The van der Waals surface area contributed by atoms with Crippen molar-refractivity contribution in [1.29, 1.82) is 5.26 Å². The summed E-state index contributed by atoms with van der Waals surface area (Å²) in [4.78, 5) is 6.12. The first-order chi connectivity index (χ1) is 9.04. The molecule has 0 amide bonds. The molecular formula is C12H8ClN3O2S. The van der Waals surface area contributed by atoms with Crippen molar-refractivity contribution in [2.75, 3.05) is 0 Å². The van der Waals surface area contributed by atoms with E-state index in [9.17, 15) is 8.42 Å². The fraction of sp³-hybridized carbons (Fsp3) is 0. The predicted octanol–water partition coefficient (Wildman–Crippen LogP) is 2.40. The quantitative estimate of drug-likeness (QED) is 0.880. The molecule has 19 heavy (non-hydrogen) atoms. The molecule has 2 rings (SSSR count). The average Bonchev–Trinajstić information content (AvgIpc) is 2.89. The van der Waals surface area contributed by atoms with Crippen LogP contribution in [0.1, 0.15) is 5.69 Å². The second kappa shape index (κ2) is 5.26. The summed E-state index contributed by atoms with van der Waals surface area (Å²) in [6, 6.07) is 7.32. The first-order valence-corrected chi connectivity index (χ1v) is 7.01. The molecule has 0 fully saturated rings. The fourth-order valence-electron chi connectivity index (χ4n) is 1.40. The number of rotatable bonds is 3. The summed E-state index contributed by atoms with van der Waals surface area (Å²) in [6.07, 6.45) is 4.06. The van der Waals surface area contributed by atoms with Crippen molar-refractivity contribution in [3.63, 3.8) is 0 Å². The molecule has 1 heterocycles. The largest absolute Gasteiger partial charge is 0.345 e. The first kappa shape index (κ1) is 13.3. The Labute approximate surface area is 115 Å². The summed E-state index contributed by atoms with van der Waals surface area (Å²) in [7, 11) is -3.85. The fourth-order valence-corrected chi connectivity index (χ4v) is 2.67. The van der Waals surface area contributed by atoms with Crippen molar-refractivity contribution in [2.24, 2.45) is 0 Å². The highest BCUT2D eigenvalue weighted by atomic mass is 35.5. The van der Waals surface area contributed by atoms with Crippen molar-refractivity contribution in [2.45, 2.75) is 4.90 Å². The van der Waals surface area contributed by atoms with Crippen LogP contribution in [0.5, 0.6) is 0 Å². The molecule has 2 aromatic rings. The SMILES string of the molecule is N#C/C(=C\c1cnc[nH]1)S(=O)(=O)c1ccc(Cl)cc1. The van der Waals surface area contributed by atoms with Crippen molar-refractivity contribution < 1.29 is 8.42 Å². The maximum atomic E-state index is 12.2. The Morgan fingerprint density at radius 1 is 1.37 bits per heavy atom. The number of benzene rings is 1. The Morgan fingerprint density at radius 2 is 2.05 bits per heavy atom. The van der Waals surface area contributed by atoms with Crippen molar-refractivity contribution >= 4 is 27.5 Å². The van der Waals surface area contributed by atoms with Crippen molar-refractivity contribution in [3.05, 3.63) is 52.4 Å². The maximum absolute atomic E-state index is 12.2. The molecule has 0 radical (unpaired) electrons. The number of sulfone groups is 1. The molecule has 0 bridgehead atoms. The molecule has 0 saturated carbocycles. The van der Waals surface area contributed by atoms with E-state index in [1.807, 2.05) is 0 Å². The number of imidazole rings is 1. The zero-order valence-electron chi connectivity index (χ0n) is 9.54. The van der Waals surface area contributed by atoms with E-state index in [4.69, 9.17) is 16.9 Å². The summed E-state index contributed by atoms with van der Waals surface area (Å²) in [5, 5.41) is 9.44. The van der Waals surface area contributed by atoms with Crippen LogP contribution in [0, 0.1) is 11.3 Å². The lowest BCUT2D eigenvalue weighted by molar-refractivity contribution is 0.603. The van der Waals surface area contributed by atoms with Gasteiger partial charge in [-0.05, 0) is 30.3 Å². The topological polar surface area (TPSA) is 86.6 Å². The van der Waals surface area contributed by atoms with Gasteiger partial charge >= 0.3 is 0 Å². The lowest BCUT2D eigenvalue weighted by Gasteiger charge is -2.02. The number of hydrogen-bond acceptors (Lipinski definition) is 4. The highest BCUT2D eigenvalue weighted by Crippen LogP contribution is 2.22. The second-order valence-corrected chi connectivity index (χ2v) is 5.94. The van der Waals surface area contributed by atoms with Gasteiger partial charge in [0.05, 0.1) is 23.1 Å². The Morgan fingerprint density at radius 3 is 2.58 bits per heavy atom. The van der Waals surface area contributed by atoms with E-state index in [0.29, 0.717) is 10.7 Å². The molecule has 1 N–H and O–H groups in total. The van der Waals surface area contributed by atoms with Crippen LogP contribution >= 0.6 is 11.6 Å². The molecule has 0 aliphatic carbocycles. The second-order valence-electron chi connectivity index (χ2n) is 3.58. The van der Waals surface area contributed by atoms with Crippen LogP contribution in [-0.4, -0.2) is 18.4 Å². The third-order valence-corrected chi connectivity index (χ3v) is 4.26. The standard InChI is InChI=1S/C12H8ClN3O2S/c13-9-1-3-11(4-2-9)19(17,18)12(6-14)5-10-7-15-8-16-10/h1-5,7-8H,(H,15,16)/b12-5+. The van der Waals surface area contributed by atoms with Crippen LogP contribution < -0.4 is 0 Å². The third-order valence-electron chi connectivity index (χ3n) is 2.33. The highest BCUT2D eigenvalue weighted by Gasteiger charge is 2.20. The van der Waals surface area contributed by atoms with Gasteiger partial charge in [0.1, 0.15) is 6.07 Å². The van der Waals surface area contributed by atoms with Gasteiger partial charge in [-0.3, -0.25) is 0 Å². The average molecular weight is 294 g/mol. The molecule has 0 unspecified atom stereocenters. The van der Waals surface area contributed by atoms with Crippen LogP contribution in [0.4, 0.5) is 0 Å². The van der Waals surface area contributed by atoms with Crippen LogP contribution in [0.2, 0.25) is 5.02 Å². The molecule has 0 saturated heterocycles. The molecule has 0 atom stereocenters. The van der Waals surface area contributed by atoms with E-state index < -0.39 is 9.84 Å². The zero-order chi connectivity index (χ0) is 13.9. The van der Waals surface area contributed by atoms with Gasteiger partial charge in [0.15, 0.2) is 4.91 Å². The number of H-pyrrole nitrogens is 1. The number of allylic oxidation sites excluding steroid dienone is 1. The molecule has 5 nitrogen and oxygen atoms in total. The van der Waals surface area contributed by atoms with Crippen LogP contribution in [0.15, 0.2) is 46.6 Å². The predicted molar refractivity (Wildman–Crippen MR) is 70.8 cm³/mol. The van der Waals surface area contributed by atoms with E-state index in [-0.39, 0.29) is 9.80 Å². The van der Waals surface area contributed by atoms with Gasteiger partial charge in [0, 0.05) is 5.02 Å². The smallest absolute Gasteiger partial charge is 0.216 e. The van der Waals surface area contributed by atoms with Crippen molar-refractivity contribution in [1.82, 2.24) is 9.97 Å². The number of nitrogens with one attached hydrogen (secondary N) is 1. The summed E-state index contributed by atoms with van der Waals surface area (Å²) in [5.41, 5.74) is 0.439. The molecule has 1 aromatic heterocycles. The molecule has 96 valence electrons. The van der Waals surface area contributed by atoms with Gasteiger partial charge in [0.25, 0.3) is 0 Å². The molecule has 1 aromatic carbocycles. The molecule has 0 spiro atoms. The Balaban J connectivity index is 2.49. The Bertz CT molecular complexity index is 741. The summed E-state index contributed by atoms with van der Waals surface area (Å²) in [6.45, 7) is 0. The monoisotopic (exact) mass is 293 g/mol. The first-order valence-electron chi connectivity index (χ1n) is 5.15. The minimum Gasteiger partial charge on any atom is -0.345 e. The number of nitrogens with zero attached hydrogens (tertiary/aromatic N) is 2.